The first-order chi connectivity index (χ1) is 0. The summed E-state index contributed by atoms with van der Waals surface area (Å²) < 4.78 is 0. The Morgan fingerprint density at radius 2 is 0.600 bits per heavy atom. The smallest absolute Gasteiger partial charge is 2.00 e. The molecule has 0 aromatic carbocycles. The van der Waals surface area contributed by atoms with Gasteiger partial charge in [0.25, 0.3) is 0 Å². The van der Waals surface area contributed by atoms with E-state index in [0.29, 0.717) is 0 Å². The molecule has 0 atom stereocenters. The molecule has 0 aliphatic rings. The molecule has 5 heteroatoms. The van der Waals surface area contributed by atoms with Gasteiger partial charge >= 0.3 is 34.1 Å². The standard InChI is InChI=1S/Fe.Mn.3O/q2*+3;3*-2. The topological polar surface area (TPSA) is 85.5 Å². The number of rotatable bonds is 0. The van der Waals surface area contributed by atoms with Crippen molar-refractivity contribution in [3.63, 3.8) is 0 Å². The molecule has 0 heterocycles. The molecule has 1 radical (unpaired) electrons. The van der Waals surface area contributed by atoms with Crippen LogP contribution in [0.4, 0.5) is 0 Å². The molecule has 33 valence electrons. The molecule has 0 saturated carbocycles. The van der Waals surface area contributed by atoms with Crippen molar-refractivity contribution in [2.45, 2.75) is 0 Å². The van der Waals surface area contributed by atoms with Crippen LogP contribution < -0.4 is 0 Å². The monoisotopic (exact) mass is 159 g/mol. The van der Waals surface area contributed by atoms with Gasteiger partial charge in [-0.3, -0.25) is 0 Å². The first-order valence-corrected chi connectivity index (χ1v) is 0. The third-order valence-corrected chi connectivity index (χ3v) is 0. The first-order valence-electron chi connectivity index (χ1n) is 0. The fraction of sp³-hybridized carbons (Fsp3) is 0. The predicted octanol–water partition coefficient (Wildman–Crippen LogP) is -0.361. The Morgan fingerprint density at radius 1 is 0.600 bits per heavy atom. The third kappa shape index (κ3) is 49.6. The van der Waals surface area contributed by atoms with Gasteiger partial charge in [0, 0.05) is 0 Å². The summed E-state index contributed by atoms with van der Waals surface area (Å²) in [4.78, 5) is 0. The molecule has 0 amide bonds. The van der Waals surface area contributed by atoms with Crippen LogP contribution in [0.25, 0.3) is 0 Å². The van der Waals surface area contributed by atoms with E-state index in [1.807, 2.05) is 0 Å². The van der Waals surface area contributed by atoms with E-state index >= 15 is 0 Å². The molecule has 0 aromatic heterocycles. The minimum atomic E-state index is 0. The number of hydrogen-bond acceptors (Lipinski definition) is 0. The van der Waals surface area contributed by atoms with Gasteiger partial charge in [0.1, 0.15) is 0 Å². The average molecular weight is 159 g/mol. The van der Waals surface area contributed by atoms with E-state index < -0.39 is 0 Å². The Hall–Kier alpha value is 0.919. The van der Waals surface area contributed by atoms with Crippen LogP contribution in [0.1, 0.15) is 0 Å². The van der Waals surface area contributed by atoms with Crippen molar-refractivity contribution in [1.82, 2.24) is 0 Å². The maximum absolute atomic E-state index is 0. The minimum absolute atomic E-state index is 0. The Balaban J connectivity index is 0. The molecular formula is FeMnO3. The van der Waals surface area contributed by atoms with Crippen LogP contribution in [-0.2, 0) is 50.6 Å². The zero-order valence-corrected chi connectivity index (χ0v) is 4.24. The van der Waals surface area contributed by atoms with Crippen molar-refractivity contribution in [3.05, 3.63) is 0 Å². The van der Waals surface area contributed by atoms with Crippen LogP contribution in [0.2, 0.25) is 0 Å². The second-order valence-electron chi connectivity index (χ2n) is 0. The van der Waals surface area contributed by atoms with E-state index in [1.54, 1.807) is 0 Å². The number of hydrogen-bond donors (Lipinski definition) is 0. The first kappa shape index (κ1) is 170. The largest absolute Gasteiger partial charge is 3.00 e. The van der Waals surface area contributed by atoms with Crippen LogP contribution in [0.15, 0.2) is 0 Å². The molecule has 0 N–H and O–H groups in total. The maximum Gasteiger partial charge on any atom is 3.00 e. The van der Waals surface area contributed by atoms with Crippen molar-refractivity contribution in [3.8, 4) is 0 Å². The van der Waals surface area contributed by atoms with Gasteiger partial charge in [0.2, 0.25) is 0 Å². The molecule has 0 aliphatic heterocycles. The Morgan fingerprint density at radius 3 is 0.600 bits per heavy atom. The molecule has 3 nitrogen and oxygen atoms in total. The normalized spacial score (nSPS) is 0. The van der Waals surface area contributed by atoms with E-state index in [1.165, 1.54) is 0 Å². The molecule has 0 unspecified atom stereocenters. The van der Waals surface area contributed by atoms with Crippen LogP contribution >= 0.6 is 0 Å². The summed E-state index contributed by atoms with van der Waals surface area (Å²) >= 11 is 0. The second-order valence-corrected chi connectivity index (χ2v) is 0. The second kappa shape index (κ2) is 89.5. The van der Waals surface area contributed by atoms with Gasteiger partial charge < -0.3 is 16.4 Å². The van der Waals surface area contributed by atoms with Gasteiger partial charge in [0.15, 0.2) is 0 Å². The molecule has 0 fully saturated rings. The molecule has 0 rings (SSSR count). The zero-order chi connectivity index (χ0) is 0. The Bertz CT molecular complexity index is 6.85. The summed E-state index contributed by atoms with van der Waals surface area (Å²) in [5.41, 5.74) is 0. The Kier molecular flexibility index (Phi) is 3030. The van der Waals surface area contributed by atoms with Crippen molar-refractivity contribution < 1.29 is 50.6 Å². The summed E-state index contributed by atoms with van der Waals surface area (Å²) in [6.45, 7) is 0. The van der Waals surface area contributed by atoms with E-state index in [0.717, 1.165) is 0 Å². The van der Waals surface area contributed by atoms with Crippen LogP contribution in [0.3, 0.4) is 0 Å². The maximum atomic E-state index is 0. The molecule has 0 saturated heterocycles. The average Bonchev–Trinajstić information content (AvgIpc) is 0. The van der Waals surface area contributed by atoms with E-state index in [-0.39, 0.29) is 50.6 Å². The summed E-state index contributed by atoms with van der Waals surface area (Å²) in [5, 5.41) is 0. The van der Waals surface area contributed by atoms with Gasteiger partial charge in [-0.2, -0.15) is 0 Å². The predicted molar refractivity (Wildman–Crippen MR) is 2.06 cm³/mol. The molecule has 0 bridgehead atoms. The van der Waals surface area contributed by atoms with Crippen molar-refractivity contribution in [2.24, 2.45) is 0 Å². The van der Waals surface area contributed by atoms with E-state index in [9.17, 15) is 0 Å². The van der Waals surface area contributed by atoms with Crippen LogP contribution in [0, 0.1) is 0 Å². The molecule has 0 aromatic rings. The summed E-state index contributed by atoms with van der Waals surface area (Å²) in [6.07, 6.45) is 0. The molecular weight excluding hydrogens is 159 g/mol. The molecule has 0 spiro atoms. The SMILES string of the molecule is [Fe+3].[Mn+3].[O-2].[O-2].[O-2]. The van der Waals surface area contributed by atoms with Gasteiger partial charge in [0.05, 0.1) is 0 Å². The van der Waals surface area contributed by atoms with Gasteiger partial charge in [-0.15, -0.1) is 0 Å². The molecule has 0 aliphatic carbocycles. The van der Waals surface area contributed by atoms with E-state index in [2.05, 4.69) is 0 Å². The quantitative estimate of drug-likeness (QED) is 0.432. The fourth-order valence-electron chi connectivity index (χ4n) is 0. The van der Waals surface area contributed by atoms with Crippen molar-refractivity contribution in [1.29, 1.82) is 0 Å². The third-order valence-electron chi connectivity index (χ3n) is 0. The minimum Gasteiger partial charge on any atom is -2.00 e. The fourth-order valence-corrected chi connectivity index (χ4v) is 0. The van der Waals surface area contributed by atoms with Crippen LogP contribution in [0.5, 0.6) is 0 Å². The van der Waals surface area contributed by atoms with Gasteiger partial charge in [-0.05, 0) is 0 Å². The zero-order valence-electron chi connectivity index (χ0n) is 1.96. The van der Waals surface area contributed by atoms with Crippen molar-refractivity contribution >= 4 is 0 Å². The van der Waals surface area contributed by atoms with E-state index in [4.69, 9.17) is 0 Å². The molecule has 5 heavy (non-hydrogen) atoms. The van der Waals surface area contributed by atoms with Crippen LogP contribution in [-0.4, -0.2) is 0 Å². The van der Waals surface area contributed by atoms with Crippen molar-refractivity contribution in [2.75, 3.05) is 0 Å². The summed E-state index contributed by atoms with van der Waals surface area (Å²) in [6, 6.07) is 0. The van der Waals surface area contributed by atoms with Gasteiger partial charge in [-0.1, -0.05) is 0 Å². The summed E-state index contributed by atoms with van der Waals surface area (Å²) in [7, 11) is 0. The summed E-state index contributed by atoms with van der Waals surface area (Å²) in [5.74, 6) is 0. The Labute approximate surface area is 51.0 Å². The van der Waals surface area contributed by atoms with Gasteiger partial charge in [-0.25, -0.2) is 0 Å².